The molecule has 0 bridgehead atoms. The average molecular weight is 597 g/mol. The van der Waals surface area contributed by atoms with Gasteiger partial charge < -0.3 is 24.8 Å². The molecule has 1 atom stereocenters. The Balaban J connectivity index is 1.06. The Morgan fingerprint density at radius 1 is 1.14 bits per heavy atom. The lowest BCUT2D eigenvalue weighted by atomic mass is 9.88. The highest BCUT2D eigenvalue weighted by atomic mass is 35.5. The van der Waals surface area contributed by atoms with E-state index in [1.807, 2.05) is 17.2 Å². The number of rotatable bonds is 7. The molecule has 1 unspecified atom stereocenters. The molecule has 3 aliphatic rings. The molecule has 2 saturated heterocycles. The van der Waals surface area contributed by atoms with Gasteiger partial charge in [0, 0.05) is 55.8 Å². The molecule has 1 aliphatic carbocycles. The monoisotopic (exact) mass is 596 g/mol. The maximum Gasteiger partial charge on any atom is 0.272 e. The molecule has 0 radical (unpaired) electrons. The van der Waals surface area contributed by atoms with Crippen molar-refractivity contribution in [2.75, 3.05) is 51.8 Å². The van der Waals surface area contributed by atoms with Crippen LogP contribution in [0.4, 0.5) is 10.1 Å². The maximum atomic E-state index is 14.4. The van der Waals surface area contributed by atoms with Crippen LogP contribution < -0.4 is 15.0 Å². The first-order valence-corrected chi connectivity index (χ1v) is 14.6. The predicted molar refractivity (Wildman–Crippen MR) is 155 cm³/mol. The number of likely N-dealkylation sites (N-methyl/N-ethyl adjacent to an activating group) is 1. The van der Waals surface area contributed by atoms with Crippen molar-refractivity contribution in [2.24, 2.45) is 5.92 Å². The number of piperidine rings is 1. The van der Waals surface area contributed by atoms with E-state index in [2.05, 4.69) is 42.3 Å². The summed E-state index contributed by atoms with van der Waals surface area (Å²) in [6, 6.07) is 4.91. The van der Waals surface area contributed by atoms with Crippen LogP contribution in [0.5, 0.6) is 5.88 Å². The number of anilines is 1. The Bertz CT molecular complexity index is 1490. The van der Waals surface area contributed by atoms with Gasteiger partial charge in [-0.05, 0) is 44.9 Å². The molecule has 1 spiro atoms. The van der Waals surface area contributed by atoms with E-state index in [1.165, 1.54) is 13.2 Å². The third-order valence-corrected chi connectivity index (χ3v) is 9.00. The Kier molecular flexibility index (Phi) is 7.75. The number of carbonyl (C=O) groups is 2. The third-order valence-electron chi connectivity index (χ3n) is 8.67. The molecule has 3 aromatic heterocycles. The summed E-state index contributed by atoms with van der Waals surface area (Å²) in [7, 11) is 3.56. The molecule has 13 heteroatoms. The first kappa shape index (κ1) is 28.4. The highest BCUT2D eigenvalue weighted by molar-refractivity contribution is 6.31. The highest BCUT2D eigenvalue weighted by Crippen LogP contribution is 2.50. The number of pyridine rings is 2. The van der Waals surface area contributed by atoms with Crippen molar-refractivity contribution in [3.8, 4) is 17.1 Å². The quantitative estimate of drug-likeness (QED) is 0.427. The Morgan fingerprint density at radius 3 is 2.64 bits per heavy atom. The van der Waals surface area contributed by atoms with Crippen LogP contribution in [0.3, 0.4) is 0 Å². The number of amides is 2. The zero-order valence-corrected chi connectivity index (χ0v) is 24.5. The molecule has 1 saturated carbocycles. The molecule has 6 rings (SSSR count). The number of piperazine rings is 1. The molecule has 3 aromatic rings. The van der Waals surface area contributed by atoms with Gasteiger partial charge in [0.05, 0.1) is 48.1 Å². The first-order chi connectivity index (χ1) is 20.3. The number of hydrogen-bond donors (Lipinski definition) is 2. The van der Waals surface area contributed by atoms with Crippen LogP contribution in [0.25, 0.3) is 11.3 Å². The van der Waals surface area contributed by atoms with Gasteiger partial charge in [0.2, 0.25) is 11.8 Å². The molecular weight excluding hydrogens is 563 g/mol. The second kappa shape index (κ2) is 11.5. The van der Waals surface area contributed by atoms with E-state index in [4.69, 9.17) is 16.3 Å². The molecule has 222 valence electrons. The molecule has 2 N–H and O–H groups in total. The van der Waals surface area contributed by atoms with E-state index in [0.717, 1.165) is 50.9 Å². The lowest BCUT2D eigenvalue weighted by Gasteiger charge is -2.39. The SMILES string of the molecule is COc1cc(-c2cc(C(=O)N3CCC(C(=O)NCc4ncc(N5CCN(C)CC5)cc4Cl)CC34CC4)[nH]n2)c(F)cn1. The molecular formula is C29H34ClFN8O3. The van der Waals surface area contributed by atoms with Gasteiger partial charge in [-0.15, -0.1) is 0 Å². The predicted octanol–water partition coefficient (Wildman–Crippen LogP) is 3.12. The van der Waals surface area contributed by atoms with E-state index < -0.39 is 5.82 Å². The molecule has 11 nitrogen and oxygen atoms in total. The average Bonchev–Trinajstić information content (AvgIpc) is 3.57. The van der Waals surface area contributed by atoms with E-state index in [-0.39, 0.29) is 47.0 Å². The van der Waals surface area contributed by atoms with E-state index in [9.17, 15) is 14.0 Å². The van der Waals surface area contributed by atoms with E-state index >= 15 is 0 Å². The first-order valence-electron chi connectivity index (χ1n) is 14.2. The van der Waals surface area contributed by atoms with Gasteiger partial charge in [0.25, 0.3) is 5.91 Å². The number of methoxy groups -OCH3 is 1. The summed E-state index contributed by atoms with van der Waals surface area (Å²) >= 11 is 6.55. The Hall–Kier alpha value is -3.77. The van der Waals surface area contributed by atoms with Gasteiger partial charge in [-0.3, -0.25) is 19.7 Å². The van der Waals surface area contributed by atoms with E-state index in [1.54, 1.807) is 6.07 Å². The summed E-state index contributed by atoms with van der Waals surface area (Å²) in [6.07, 6.45) is 5.68. The Morgan fingerprint density at radius 2 is 1.93 bits per heavy atom. The van der Waals surface area contributed by atoms with Gasteiger partial charge in [-0.25, -0.2) is 9.37 Å². The van der Waals surface area contributed by atoms with Crippen LogP contribution >= 0.6 is 11.6 Å². The molecule has 3 fully saturated rings. The fourth-order valence-electron chi connectivity index (χ4n) is 5.93. The topological polar surface area (TPSA) is 120 Å². The fourth-order valence-corrected chi connectivity index (χ4v) is 6.16. The summed E-state index contributed by atoms with van der Waals surface area (Å²) in [6.45, 7) is 4.53. The number of halogens is 2. The minimum Gasteiger partial charge on any atom is -0.481 e. The number of nitrogens with zero attached hydrogens (tertiary/aromatic N) is 6. The number of likely N-dealkylation sites (tertiary alicyclic amines) is 1. The lowest BCUT2D eigenvalue weighted by molar-refractivity contribution is -0.127. The summed E-state index contributed by atoms with van der Waals surface area (Å²) in [5.74, 6) is -0.784. The van der Waals surface area contributed by atoms with Crippen molar-refractivity contribution in [1.82, 2.24) is 35.3 Å². The third kappa shape index (κ3) is 5.65. The second-order valence-corrected chi connectivity index (χ2v) is 11.8. The molecule has 0 aromatic carbocycles. The summed E-state index contributed by atoms with van der Waals surface area (Å²) in [5.41, 5.74) is 2.03. The molecule has 42 heavy (non-hydrogen) atoms. The minimum atomic E-state index is -0.561. The number of H-pyrrole nitrogens is 1. The van der Waals surface area contributed by atoms with Crippen LogP contribution in [-0.2, 0) is 11.3 Å². The van der Waals surface area contributed by atoms with Crippen molar-refractivity contribution in [3.63, 3.8) is 0 Å². The van der Waals surface area contributed by atoms with Crippen molar-refractivity contribution in [3.05, 3.63) is 52.8 Å². The number of aromatic nitrogens is 4. The molecule has 5 heterocycles. The van der Waals surface area contributed by atoms with Gasteiger partial charge in [-0.1, -0.05) is 11.6 Å². The van der Waals surface area contributed by atoms with Gasteiger partial charge in [-0.2, -0.15) is 5.10 Å². The zero-order chi connectivity index (χ0) is 29.4. The van der Waals surface area contributed by atoms with Crippen LogP contribution in [0.1, 0.15) is 41.9 Å². The highest BCUT2D eigenvalue weighted by Gasteiger charge is 2.54. The summed E-state index contributed by atoms with van der Waals surface area (Å²) in [5, 5.41) is 10.5. The number of aromatic amines is 1. The lowest BCUT2D eigenvalue weighted by Crippen LogP contribution is -2.50. The normalized spacial score (nSPS) is 20.0. The summed E-state index contributed by atoms with van der Waals surface area (Å²) < 4.78 is 19.5. The number of hydrogen-bond acceptors (Lipinski definition) is 8. The van der Waals surface area contributed by atoms with Crippen molar-refractivity contribution >= 4 is 29.1 Å². The minimum absolute atomic E-state index is 0.0553. The molecule has 2 amide bonds. The number of carbonyl (C=O) groups excluding carboxylic acids is 2. The number of ether oxygens (including phenoxy) is 1. The van der Waals surface area contributed by atoms with E-state index in [0.29, 0.717) is 35.8 Å². The van der Waals surface area contributed by atoms with Crippen LogP contribution in [0, 0.1) is 11.7 Å². The summed E-state index contributed by atoms with van der Waals surface area (Å²) in [4.78, 5) is 41.4. The fraction of sp³-hybridized carbons (Fsp3) is 0.483. The van der Waals surface area contributed by atoms with Crippen LogP contribution in [0.2, 0.25) is 5.02 Å². The standard InChI is InChI=1S/C29H34ClFN8O3/c1-37-7-9-38(10-8-37)19-11-21(30)25(32-15-19)17-34-27(40)18-3-6-39(29(14-18)4-5-29)28(41)24-13-23(35-36-24)20-12-26(42-2)33-16-22(20)31/h11-13,15-16,18H,3-10,14,17H2,1-2H3,(H,34,40)(H,35,36). The van der Waals surface area contributed by atoms with Crippen molar-refractivity contribution in [1.29, 1.82) is 0 Å². The van der Waals surface area contributed by atoms with Crippen LogP contribution in [0.15, 0.2) is 30.6 Å². The van der Waals surface area contributed by atoms with Crippen molar-refractivity contribution < 1.29 is 18.7 Å². The maximum absolute atomic E-state index is 14.4. The Labute approximate surface area is 248 Å². The smallest absolute Gasteiger partial charge is 0.272 e. The van der Waals surface area contributed by atoms with Crippen LogP contribution in [-0.4, -0.2) is 94.2 Å². The van der Waals surface area contributed by atoms with Gasteiger partial charge >= 0.3 is 0 Å². The molecule has 2 aliphatic heterocycles. The largest absolute Gasteiger partial charge is 0.481 e. The zero-order valence-electron chi connectivity index (χ0n) is 23.7. The second-order valence-electron chi connectivity index (χ2n) is 11.4. The van der Waals surface area contributed by atoms with Gasteiger partial charge in [0.1, 0.15) is 5.69 Å². The number of nitrogens with one attached hydrogen (secondary N) is 2. The van der Waals surface area contributed by atoms with Gasteiger partial charge in [0.15, 0.2) is 5.82 Å². The van der Waals surface area contributed by atoms with Crippen molar-refractivity contribution in [2.45, 2.75) is 37.8 Å².